The van der Waals surface area contributed by atoms with Crippen LogP contribution in [0.4, 0.5) is 5.69 Å². The first-order chi connectivity index (χ1) is 12.6. The van der Waals surface area contributed by atoms with Crippen molar-refractivity contribution in [3.63, 3.8) is 0 Å². The van der Waals surface area contributed by atoms with Gasteiger partial charge in [-0.1, -0.05) is 13.8 Å². The molecule has 1 saturated heterocycles. The van der Waals surface area contributed by atoms with Crippen molar-refractivity contribution in [2.24, 2.45) is 0 Å². The Kier molecular flexibility index (Phi) is 6.39. The maximum Gasteiger partial charge on any atom is 0.250 e. The largest absolute Gasteiger partial charge is 0.375 e. The summed E-state index contributed by atoms with van der Waals surface area (Å²) in [5, 5.41) is 13.5. The quantitative estimate of drug-likeness (QED) is 0.775. The van der Waals surface area contributed by atoms with E-state index < -0.39 is 0 Å². The van der Waals surface area contributed by atoms with E-state index in [2.05, 4.69) is 39.6 Å². The summed E-state index contributed by atoms with van der Waals surface area (Å²) >= 11 is 1.75. The molecule has 26 heavy (non-hydrogen) atoms. The Balaban J connectivity index is 1.63. The van der Waals surface area contributed by atoms with Crippen molar-refractivity contribution in [2.45, 2.75) is 45.1 Å². The molecule has 1 aliphatic heterocycles. The molecule has 2 aromatic heterocycles. The average molecular weight is 378 g/mol. The number of amides is 1. The van der Waals surface area contributed by atoms with Crippen LogP contribution in [0.15, 0.2) is 11.6 Å². The van der Waals surface area contributed by atoms with E-state index in [9.17, 15) is 4.79 Å². The van der Waals surface area contributed by atoms with Crippen molar-refractivity contribution in [2.75, 3.05) is 32.1 Å². The SMILES string of the molecule is COCC(=O)Nc1cn[nH]c1C1CCCN(Cc2csc(C(C)C)n2)C1. The molecule has 7 nitrogen and oxygen atoms in total. The molecule has 1 amide bonds. The first kappa shape index (κ1) is 19.0. The summed E-state index contributed by atoms with van der Waals surface area (Å²) in [5.41, 5.74) is 2.91. The van der Waals surface area contributed by atoms with Crippen LogP contribution in [0.2, 0.25) is 0 Å². The van der Waals surface area contributed by atoms with Crippen LogP contribution < -0.4 is 5.32 Å². The van der Waals surface area contributed by atoms with E-state index >= 15 is 0 Å². The molecule has 0 aromatic carbocycles. The molecule has 0 aliphatic carbocycles. The summed E-state index contributed by atoms with van der Waals surface area (Å²) in [6, 6.07) is 0. The number of aromatic nitrogens is 3. The highest BCUT2D eigenvalue weighted by atomic mass is 32.1. The van der Waals surface area contributed by atoms with Gasteiger partial charge in [-0.25, -0.2) is 4.98 Å². The minimum Gasteiger partial charge on any atom is -0.375 e. The predicted molar refractivity (Wildman–Crippen MR) is 103 cm³/mol. The maximum absolute atomic E-state index is 11.8. The van der Waals surface area contributed by atoms with Gasteiger partial charge < -0.3 is 10.1 Å². The molecular weight excluding hydrogens is 350 g/mol. The second-order valence-corrected chi connectivity index (χ2v) is 7.97. The Morgan fingerprint density at radius 2 is 2.38 bits per heavy atom. The molecule has 0 radical (unpaired) electrons. The highest BCUT2D eigenvalue weighted by molar-refractivity contribution is 7.09. The van der Waals surface area contributed by atoms with Crippen LogP contribution in [0.3, 0.4) is 0 Å². The lowest BCUT2D eigenvalue weighted by Crippen LogP contribution is -2.34. The van der Waals surface area contributed by atoms with E-state index in [0.717, 1.165) is 49.6 Å². The number of anilines is 1. The number of ether oxygens (including phenoxy) is 1. The highest BCUT2D eigenvalue weighted by Crippen LogP contribution is 2.31. The lowest BCUT2D eigenvalue weighted by Gasteiger charge is -2.32. The molecule has 0 spiro atoms. The molecule has 0 saturated carbocycles. The molecule has 3 rings (SSSR count). The monoisotopic (exact) mass is 377 g/mol. The Hall–Kier alpha value is -1.77. The third kappa shape index (κ3) is 4.69. The Labute approximate surface area is 158 Å². The van der Waals surface area contributed by atoms with Crippen LogP contribution in [-0.4, -0.2) is 52.8 Å². The van der Waals surface area contributed by atoms with Gasteiger partial charge in [-0.15, -0.1) is 11.3 Å². The Morgan fingerprint density at radius 1 is 1.54 bits per heavy atom. The first-order valence-electron chi connectivity index (χ1n) is 9.05. The molecule has 142 valence electrons. The van der Waals surface area contributed by atoms with E-state index in [-0.39, 0.29) is 12.5 Å². The summed E-state index contributed by atoms with van der Waals surface area (Å²) in [4.78, 5) is 19.0. The minimum absolute atomic E-state index is 0.0451. The van der Waals surface area contributed by atoms with E-state index in [1.807, 2.05) is 0 Å². The van der Waals surface area contributed by atoms with Crippen molar-refractivity contribution in [1.82, 2.24) is 20.1 Å². The predicted octanol–water partition coefficient (Wildman–Crippen LogP) is 2.95. The van der Waals surface area contributed by atoms with Gasteiger partial charge in [0.05, 0.1) is 28.3 Å². The van der Waals surface area contributed by atoms with Gasteiger partial charge in [-0.3, -0.25) is 14.8 Å². The fourth-order valence-corrected chi connectivity index (χ4v) is 4.17. The molecule has 1 fully saturated rings. The van der Waals surface area contributed by atoms with Crippen LogP contribution in [0.5, 0.6) is 0 Å². The Bertz CT molecular complexity index is 727. The smallest absolute Gasteiger partial charge is 0.250 e. The third-order valence-electron chi connectivity index (χ3n) is 4.58. The van der Waals surface area contributed by atoms with Gasteiger partial charge in [0.2, 0.25) is 5.91 Å². The molecular formula is C18H27N5O2S. The van der Waals surface area contributed by atoms with Crippen LogP contribution in [0.25, 0.3) is 0 Å². The maximum atomic E-state index is 11.8. The fourth-order valence-electron chi connectivity index (χ4n) is 3.35. The van der Waals surface area contributed by atoms with Crippen LogP contribution >= 0.6 is 11.3 Å². The van der Waals surface area contributed by atoms with Crippen molar-refractivity contribution in [3.8, 4) is 0 Å². The lowest BCUT2D eigenvalue weighted by atomic mass is 9.94. The van der Waals surface area contributed by atoms with E-state index in [1.165, 1.54) is 12.1 Å². The van der Waals surface area contributed by atoms with Gasteiger partial charge in [-0.05, 0) is 19.4 Å². The number of thiazole rings is 1. The molecule has 8 heteroatoms. The number of piperidine rings is 1. The highest BCUT2D eigenvalue weighted by Gasteiger charge is 2.26. The standard InChI is InChI=1S/C18H27N5O2S/c1-12(2)18-20-14(11-26-18)9-23-6-4-5-13(8-23)17-15(7-19-22-17)21-16(24)10-25-3/h7,11-13H,4-6,8-10H2,1-3H3,(H,19,22)(H,21,24). The minimum atomic E-state index is -0.161. The van der Waals surface area contributed by atoms with Gasteiger partial charge in [0.15, 0.2) is 0 Å². The van der Waals surface area contributed by atoms with Crippen LogP contribution in [0, 0.1) is 0 Å². The van der Waals surface area contributed by atoms with Crippen molar-refractivity contribution in [3.05, 3.63) is 28.0 Å². The molecule has 0 bridgehead atoms. The molecule has 1 atom stereocenters. The second-order valence-electron chi connectivity index (χ2n) is 7.08. The van der Waals surface area contributed by atoms with Gasteiger partial charge in [0.1, 0.15) is 6.61 Å². The van der Waals surface area contributed by atoms with E-state index in [4.69, 9.17) is 9.72 Å². The lowest BCUT2D eigenvalue weighted by molar-refractivity contribution is -0.119. The number of nitrogens with one attached hydrogen (secondary N) is 2. The number of carbonyl (C=O) groups is 1. The van der Waals surface area contributed by atoms with Crippen molar-refractivity contribution in [1.29, 1.82) is 0 Å². The number of methoxy groups -OCH3 is 1. The molecule has 2 N–H and O–H groups in total. The number of hydrogen-bond acceptors (Lipinski definition) is 6. The van der Waals surface area contributed by atoms with Gasteiger partial charge in [-0.2, -0.15) is 5.10 Å². The molecule has 3 heterocycles. The topological polar surface area (TPSA) is 83.1 Å². The molecule has 1 aliphatic rings. The fraction of sp³-hybridized carbons (Fsp3) is 0.611. The number of carbonyl (C=O) groups excluding carboxylic acids is 1. The first-order valence-corrected chi connectivity index (χ1v) is 9.93. The zero-order valence-corrected chi connectivity index (χ0v) is 16.4. The third-order valence-corrected chi connectivity index (χ3v) is 5.78. The summed E-state index contributed by atoms with van der Waals surface area (Å²) in [7, 11) is 1.51. The molecule has 2 aromatic rings. The summed E-state index contributed by atoms with van der Waals surface area (Å²) in [5.74, 6) is 0.643. The van der Waals surface area contributed by atoms with Gasteiger partial charge >= 0.3 is 0 Å². The van der Waals surface area contributed by atoms with Crippen molar-refractivity contribution >= 4 is 22.9 Å². The average Bonchev–Trinajstić information content (AvgIpc) is 3.25. The number of hydrogen-bond donors (Lipinski definition) is 2. The van der Waals surface area contributed by atoms with Crippen LogP contribution in [0.1, 0.15) is 54.9 Å². The molecule has 1 unspecified atom stereocenters. The normalized spacial score (nSPS) is 18.4. The summed E-state index contributed by atoms with van der Waals surface area (Å²) in [6.07, 6.45) is 3.88. The number of H-pyrrole nitrogens is 1. The number of nitrogens with zero attached hydrogens (tertiary/aromatic N) is 3. The number of likely N-dealkylation sites (tertiary alicyclic amines) is 1. The summed E-state index contributed by atoms with van der Waals surface area (Å²) < 4.78 is 4.88. The zero-order chi connectivity index (χ0) is 18.5. The summed E-state index contributed by atoms with van der Waals surface area (Å²) in [6.45, 7) is 7.28. The van der Waals surface area contributed by atoms with E-state index in [0.29, 0.717) is 11.8 Å². The van der Waals surface area contributed by atoms with Crippen molar-refractivity contribution < 1.29 is 9.53 Å². The Morgan fingerprint density at radius 3 is 3.12 bits per heavy atom. The number of aromatic amines is 1. The zero-order valence-electron chi connectivity index (χ0n) is 15.6. The van der Waals surface area contributed by atoms with Gasteiger partial charge in [0.25, 0.3) is 0 Å². The van der Waals surface area contributed by atoms with E-state index in [1.54, 1.807) is 17.5 Å². The van der Waals surface area contributed by atoms with Crippen LogP contribution in [-0.2, 0) is 16.1 Å². The number of rotatable bonds is 7. The second kappa shape index (κ2) is 8.75. The van der Waals surface area contributed by atoms with Gasteiger partial charge in [0, 0.05) is 37.4 Å².